The molecule has 2 N–H and O–H groups in total. The highest BCUT2D eigenvalue weighted by Gasteiger charge is 2.36. The zero-order valence-electron chi connectivity index (χ0n) is 19.2. The lowest BCUT2D eigenvalue weighted by Gasteiger charge is -2.40. The Hall–Kier alpha value is -4.43. The van der Waals surface area contributed by atoms with Gasteiger partial charge in [0.05, 0.1) is 17.0 Å². The van der Waals surface area contributed by atoms with Crippen molar-refractivity contribution in [3.8, 4) is 22.5 Å². The van der Waals surface area contributed by atoms with Gasteiger partial charge in [0.2, 0.25) is 0 Å². The van der Waals surface area contributed by atoms with E-state index < -0.39 is 0 Å². The van der Waals surface area contributed by atoms with Gasteiger partial charge in [0.25, 0.3) is 5.95 Å². The molecule has 2 aliphatic rings. The van der Waals surface area contributed by atoms with Crippen molar-refractivity contribution < 1.29 is 4.79 Å². The van der Waals surface area contributed by atoms with Crippen LogP contribution < -0.4 is 15.8 Å². The Morgan fingerprint density at radius 2 is 1.44 bits per heavy atom. The van der Waals surface area contributed by atoms with E-state index in [9.17, 15) is 4.79 Å². The molecule has 6 rings (SSSR count). The molecule has 36 heavy (non-hydrogen) atoms. The van der Waals surface area contributed by atoms with Crippen molar-refractivity contribution in [2.75, 3.05) is 10.3 Å². The third kappa shape index (κ3) is 4.23. The summed E-state index contributed by atoms with van der Waals surface area (Å²) < 4.78 is 0. The average Bonchev–Trinajstić information content (AvgIpc) is 2.95. The van der Waals surface area contributed by atoms with Gasteiger partial charge >= 0.3 is 6.03 Å². The highest BCUT2D eigenvalue weighted by atomic mass is 32.2. The second kappa shape index (κ2) is 9.67. The number of amides is 2. The maximum absolute atomic E-state index is 13.4. The van der Waals surface area contributed by atoms with Crippen molar-refractivity contribution in [1.82, 2.24) is 20.6 Å². The van der Waals surface area contributed by atoms with Gasteiger partial charge in [-0.25, -0.2) is 15.2 Å². The van der Waals surface area contributed by atoms with Gasteiger partial charge < -0.3 is 0 Å². The number of hydrazine groups is 1. The summed E-state index contributed by atoms with van der Waals surface area (Å²) in [5, 5.41) is 8.85. The van der Waals surface area contributed by atoms with Crippen molar-refractivity contribution in [2.45, 2.75) is 16.2 Å². The van der Waals surface area contributed by atoms with Crippen molar-refractivity contribution in [3.05, 3.63) is 109 Å². The van der Waals surface area contributed by atoms with Gasteiger partial charge in [-0.3, -0.25) is 10.3 Å². The van der Waals surface area contributed by atoms with Crippen LogP contribution >= 0.6 is 11.8 Å². The van der Waals surface area contributed by atoms with E-state index in [2.05, 4.69) is 27.1 Å². The van der Waals surface area contributed by atoms with Gasteiger partial charge in [0.15, 0.2) is 0 Å². The summed E-state index contributed by atoms with van der Waals surface area (Å²) in [4.78, 5) is 21.0. The largest absolute Gasteiger partial charge is 0.341 e. The number of anilines is 2. The number of benzene rings is 3. The van der Waals surface area contributed by atoms with Crippen LogP contribution in [-0.4, -0.2) is 32.5 Å². The number of carbonyl (C=O) groups is 1. The lowest BCUT2D eigenvalue weighted by atomic mass is 10.0. The van der Waals surface area contributed by atoms with Crippen molar-refractivity contribution >= 4 is 29.4 Å². The van der Waals surface area contributed by atoms with Gasteiger partial charge in [-0.2, -0.15) is 0 Å². The average molecular weight is 491 g/mol. The van der Waals surface area contributed by atoms with Gasteiger partial charge in [0, 0.05) is 16.0 Å². The van der Waals surface area contributed by atoms with Crippen LogP contribution in [0.15, 0.2) is 114 Å². The molecular formula is C28H22N6OS. The predicted octanol–water partition coefficient (Wildman–Crippen LogP) is 5.72. The van der Waals surface area contributed by atoms with Crippen LogP contribution in [0.4, 0.5) is 16.4 Å². The molecule has 1 aromatic heterocycles. The Kier molecular flexibility index (Phi) is 5.93. The first kappa shape index (κ1) is 22.1. The molecule has 2 heterocycles. The van der Waals surface area contributed by atoms with Gasteiger partial charge in [-0.1, -0.05) is 97.1 Å². The Morgan fingerprint density at radius 3 is 2.22 bits per heavy atom. The summed E-state index contributed by atoms with van der Waals surface area (Å²) in [6.45, 7) is 0. The monoisotopic (exact) mass is 490 g/mol. The standard InChI is InChI=1S/C28H22N6OS/c35-28(34-21-15-7-9-17-23(21)36-24-18-10-8-16-22(24)34)33-32-27-29-25(19-11-3-1-4-12-19)26(30-31-27)20-13-5-2-6-14-20/h1-18,21,23H,(H,33,35)(H,29,31,32)/t21-,23-/m1/s1. The number of urea groups is 1. The molecule has 2 atom stereocenters. The molecule has 7 nitrogen and oxygen atoms in total. The first-order valence-corrected chi connectivity index (χ1v) is 12.5. The Morgan fingerprint density at radius 1 is 0.778 bits per heavy atom. The van der Waals surface area contributed by atoms with E-state index in [0.717, 1.165) is 21.7 Å². The predicted molar refractivity (Wildman–Crippen MR) is 143 cm³/mol. The number of fused-ring (bicyclic) bond motifs is 2. The van der Waals surface area contributed by atoms with Crippen molar-refractivity contribution in [1.29, 1.82) is 0 Å². The van der Waals surface area contributed by atoms with E-state index in [1.54, 1.807) is 16.7 Å². The summed E-state index contributed by atoms with van der Waals surface area (Å²) in [7, 11) is 0. The SMILES string of the molecule is O=C(NNc1nnc(-c2ccccc2)c(-c2ccccc2)n1)N1c2ccccc2S[C@@H]2C=CC=C[C@H]21. The van der Waals surface area contributed by atoms with Crippen molar-refractivity contribution in [3.63, 3.8) is 0 Å². The number of nitrogens with zero attached hydrogens (tertiary/aromatic N) is 4. The lowest BCUT2D eigenvalue weighted by Crippen LogP contribution is -2.53. The third-order valence-electron chi connectivity index (χ3n) is 6.02. The molecule has 176 valence electrons. The van der Waals surface area contributed by atoms with Crippen LogP contribution in [-0.2, 0) is 0 Å². The topological polar surface area (TPSA) is 83.0 Å². The number of nitrogens with one attached hydrogen (secondary N) is 2. The fourth-order valence-corrected chi connectivity index (χ4v) is 5.62. The van der Waals surface area contributed by atoms with Gasteiger partial charge in [-0.15, -0.1) is 22.0 Å². The minimum Gasteiger partial charge on any atom is -0.284 e. The quantitative estimate of drug-likeness (QED) is 0.356. The molecule has 4 aromatic rings. The zero-order valence-corrected chi connectivity index (χ0v) is 20.0. The third-order valence-corrected chi connectivity index (χ3v) is 7.33. The first-order chi connectivity index (χ1) is 17.8. The van der Waals surface area contributed by atoms with Crippen molar-refractivity contribution in [2.24, 2.45) is 0 Å². The zero-order chi connectivity index (χ0) is 24.3. The molecular weight excluding hydrogens is 468 g/mol. The molecule has 3 aromatic carbocycles. The number of para-hydroxylation sites is 1. The molecule has 0 unspecified atom stereocenters. The fraction of sp³-hybridized carbons (Fsp3) is 0.0714. The van der Waals surface area contributed by atoms with Gasteiger partial charge in [-0.05, 0) is 12.1 Å². The minimum atomic E-state index is -0.297. The molecule has 0 fully saturated rings. The van der Waals surface area contributed by atoms with E-state index >= 15 is 0 Å². The van der Waals surface area contributed by atoms with Crippen LogP contribution in [0, 0.1) is 0 Å². The molecule has 0 saturated heterocycles. The van der Waals surface area contributed by atoms with Crippen LogP contribution in [0.1, 0.15) is 0 Å². The highest BCUT2D eigenvalue weighted by molar-refractivity contribution is 8.00. The Balaban J connectivity index is 1.29. The number of thioether (sulfide) groups is 1. The number of hydrogen-bond acceptors (Lipinski definition) is 6. The van der Waals surface area contributed by atoms with E-state index in [0.29, 0.717) is 11.4 Å². The number of carbonyl (C=O) groups excluding carboxylic acids is 1. The molecule has 1 aliphatic carbocycles. The number of aromatic nitrogens is 3. The van der Waals surface area contributed by atoms with Crippen LogP contribution in [0.2, 0.25) is 0 Å². The van der Waals surface area contributed by atoms with Crippen LogP contribution in [0.25, 0.3) is 22.5 Å². The fourth-order valence-electron chi connectivity index (χ4n) is 4.36. The normalized spacial score (nSPS) is 17.7. The van der Waals surface area contributed by atoms with E-state index in [1.165, 1.54) is 0 Å². The number of hydrogen-bond donors (Lipinski definition) is 2. The van der Waals surface area contributed by atoms with E-state index in [-0.39, 0.29) is 23.3 Å². The van der Waals surface area contributed by atoms with Crippen LogP contribution in [0.3, 0.4) is 0 Å². The molecule has 1 aliphatic heterocycles. The number of allylic oxidation sites excluding steroid dienone is 2. The maximum Gasteiger partial charge on any atom is 0.341 e. The summed E-state index contributed by atoms with van der Waals surface area (Å²) >= 11 is 1.76. The molecule has 0 radical (unpaired) electrons. The highest BCUT2D eigenvalue weighted by Crippen LogP contribution is 2.43. The first-order valence-electron chi connectivity index (χ1n) is 11.6. The minimum absolute atomic E-state index is 0.101. The maximum atomic E-state index is 13.4. The van der Waals surface area contributed by atoms with E-state index in [1.807, 2.05) is 103 Å². The van der Waals surface area contributed by atoms with Gasteiger partial charge in [0.1, 0.15) is 11.4 Å². The molecule has 2 amide bonds. The summed E-state index contributed by atoms with van der Waals surface area (Å²) in [5.41, 5.74) is 9.70. The van der Waals surface area contributed by atoms with Crippen LogP contribution in [0.5, 0.6) is 0 Å². The molecule has 0 spiro atoms. The number of rotatable bonds is 4. The molecule has 0 bridgehead atoms. The lowest BCUT2D eigenvalue weighted by molar-refractivity contribution is 0.246. The van der Waals surface area contributed by atoms with E-state index in [4.69, 9.17) is 4.98 Å². The second-order valence-electron chi connectivity index (χ2n) is 8.30. The summed E-state index contributed by atoms with van der Waals surface area (Å²) in [6.07, 6.45) is 8.17. The summed E-state index contributed by atoms with van der Waals surface area (Å²) in [6, 6.07) is 27.2. The molecule has 8 heteroatoms. The Labute approximate surface area is 213 Å². The molecule has 0 saturated carbocycles. The smallest absolute Gasteiger partial charge is 0.284 e. The Bertz CT molecular complexity index is 1460. The summed E-state index contributed by atoms with van der Waals surface area (Å²) in [5.74, 6) is 0.206. The second-order valence-corrected chi connectivity index (χ2v) is 9.52.